The molecule has 1 aromatic carbocycles. The van der Waals surface area contributed by atoms with Gasteiger partial charge in [-0.1, -0.05) is 140 Å². The lowest BCUT2D eigenvalue weighted by Crippen LogP contribution is -2.42. The summed E-state index contributed by atoms with van der Waals surface area (Å²) < 4.78 is 11.3. The number of ether oxygens (including phenoxy) is 2. The maximum Gasteiger partial charge on any atom is 0.308 e. The maximum absolute atomic E-state index is 12.6. The Morgan fingerprint density at radius 3 is 1.90 bits per heavy atom. The summed E-state index contributed by atoms with van der Waals surface area (Å²) >= 11 is 0. The molecule has 0 radical (unpaired) electrons. The first-order valence-corrected chi connectivity index (χ1v) is 16.3. The van der Waals surface area contributed by atoms with Gasteiger partial charge in [0.1, 0.15) is 6.61 Å². The van der Waals surface area contributed by atoms with Crippen molar-refractivity contribution in [3.05, 3.63) is 35.9 Å². The minimum Gasteiger partial charge on any atom is -0.463 e. The summed E-state index contributed by atoms with van der Waals surface area (Å²) in [5, 5.41) is 13.2. The molecule has 0 heterocycles. The van der Waals surface area contributed by atoms with Crippen LogP contribution in [0.2, 0.25) is 0 Å². The van der Waals surface area contributed by atoms with Gasteiger partial charge in [0.05, 0.1) is 31.8 Å². The highest BCUT2D eigenvalue weighted by molar-refractivity contribution is 5.76. The molecule has 0 fully saturated rings. The minimum atomic E-state index is -0.683. The highest BCUT2D eigenvalue weighted by Crippen LogP contribution is 2.13. The number of nitrogens with one attached hydrogen (secondary N) is 1. The van der Waals surface area contributed by atoms with Crippen LogP contribution in [0.25, 0.3) is 0 Å². The molecule has 0 aliphatic carbocycles. The maximum atomic E-state index is 12.6. The van der Waals surface area contributed by atoms with E-state index in [-0.39, 0.29) is 25.5 Å². The number of carbonyl (C=O) groups is 2. The number of aliphatic hydroxyl groups excluding tert-OH is 1. The van der Waals surface area contributed by atoms with Crippen molar-refractivity contribution in [2.24, 2.45) is 0 Å². The first kappa shape index (κ1) is 36.1. The van der Waals surface area contributed by atoms with E-state index in [0.29, 0.717) is 19.4 Å². The van der Waals surface area contributed by atoms with E-state index in [2.05, 4.69) is 19.2 Å². The Morgan fingerprint density at radius 1 is 0.750 bits per heavy atom. The molecule has 0 aliphatic rings. The Labute approximate surface area is 245 Å². The number of esters is 1. The molecule has 0 aromatic heterocycles. The second kappa shape index (κ2) is 26.0. The summed E-state index contributed by atoms with van der Waals surface area (Å²) in [5.74, 6) is -0.471. The van der Waals surface area contributed by atoms with Crippen molar-refractivity contribution in [2.45, 2.75) is 155 Å². The molecule has 40 heavy (non-hydrogen) atoms. The van der Waals surface area contributed by atoms with E-state index in [4.69, 9.17) is 9.47 Å². The molecule has 1 rings (SSSR count). The molecule has 2 unspecified atom stereocenters. The lowest BCUT2D eigenvalue weighted by molar-refractivity contribution is -0.148. The molecule has 0 spiro atoms. The lowest BCUT2D eigenvalue weighted by atomic mass is 10.1. The number of benzene rings is 1. The van der Waals surface area contributed by atoms with Gasteiger partial charge in [-0.15, -0.1) is 0 Å². The van der Waals surface area contributed by atoms with E-state index in [1.807, 2.05) is 30.3 Å². The molecule has 0 saturated heterocycles. The average molecular weight is 562 g/mol. The zero-order chi connectivity index (χ0) is 29.1. The summed E-state index contributed by atoms with van der Waals surface area (Å²) in [6.45, 7) is 5.15. The number of amides is 1. The molecule has 0 aliphatic heterocycles. The average Bonchev–Trinajstić information content (AvgIpc) is 2.95. The SMILES string of the molecule is CCCCCCCCCCCCCC(=O)NC(COCc1ccccc1)COC(=O)CC(O)CCCCCCC. The summed E-state index contributed by atoms with van der Waals surface area (Å²) in [6, 6.07) is 9.44. The fourth-order valence-corrected chi connectivity index (χ4v) is 4.80. The van der Waals surface area contributed by atoms with Gasteiger partial charge < -0.3 is 19.9 Å². The monoisotopic (exact) mass is 561 g/mol. The van der Waals surface area contributed by atoms with Gasteiger partial charge in [0.15, 0.2) is 0 Å². The molecular weight excluding hydrogens is 502 g/mol. The topological polar surface area (TPSA) is 84.9 Å². The van der Waals surface area contributed by atoms with Gasteiger partial charge in [-0.25, -0.2) is 0 Å². The van der Waals surface area contributed by atoms with Crippen LogP contribution in [-0.4, -0.2) is 42.3 Å². The Bertz CT molecular complexity index is 726. The van der Waals surface area contributed by atoms with Gasteiger partial charge in [-0.3, -0.25) is 9.59 Å². The normalized spacial score (nSPS) is 12.7. The van der Waals surface area contributed by atoms with Crippen molar-refractivity contribution in [1.29, 1.82) is 0 Å². The summed E-state index contributed by atoms with van der Waals surface area (Å²) in [6.07, 6.45) is 19.6. The van der Waals surface area contributed by atoms with Gasteiger partial charge in [0.25, 0.3) is 0 Å². The third-order valence-corrected chi connectivity index (χ3v) is 7.29. The van der Waals surface area contributed by atoms with Gasteiger partial charge in [-0.2, -0.15) is 0 Å². The van der Waals surface area contributed by atoms with E-state index < -0.39 is 18.1 Å². The molecular formula is C34H59NO5. The van der Waals surface area contributed by atoms with Crippen molar-refractivity contribution in [3.8, 4) is 0 Å². The van der Waals surface area contributed by atoms with Crippen LogP contribution in [0.15, 0.2) is 30.3 Å². The van der Waals surface area contributed by atoms with E-state index in [0.717, 1.165) is 37.7 Å². The van der Waals surface area contributed by atoms with Crippen LogP contribution in [0.4, 0.5) is 0 Å². The lowest BCUT2D eigenvalue weighted by Gasteiger charge is -2.20. The fourth-order valence-electron chi connectivity index (χ4n) is 4.80. The molecule has 6 nitrogen and oxygen atoms in total. The summed E-state index contributed by atoms with van der Waals surface area (Å²) in [5.41, 5.74) is 1.05. The zero-order valence-electron chi connectivity index (χ0n) is 25.7. The first-order valence-electron chi connectivity index (χ1n) is 16.3. The predicted molar refractivity (Wildman–Crippen MR) is 164 cm³/mol. The Hall–Kier alpha value is -1.92. The van der Waals surface area contributed by atoms with E-state index in [9.17, 15) is 14.7 Å². The van der Waals surface area contributed by atoms with Crippen molar-refractivity contribution < 1.29 is 24.2 Å². The zero-order valence-corrected chi connectivity index (χ0v) is 25.7. The third kappa shape index (κ3) is 21.8. The van der Waals surface area contributed by atoms with Gasteiger partial charge in [-0.05, 0) is 18.4 Å². The smallest absolute Gasteiger partial charge is 0.308 e. The number of aliphatic hydroxyl groups is 1. The Morgan fingerprint density at radius 2 is 1.30 bits per heavy atom. The number of rotatable bonds is 27. The van der Waals surface area contributed by atoms with Crippen LogP contribution in [0.1, 0.15) is 141 Å². The summed E-state index contributed by atoms with van der Waals surface area (Å²) in [4.78, 5) is 24.9. The van der Waals surface area contributed by atoms with Gasteiger partial charge >= 0.3 is 5.97 Å². The number of carbonyl (C=O) groups excluding carboxylic acids is 2. The molecule has 0 saturated carbocycles. The highest BCUT2D eigenvalue weighted by Gasteiger charge is 2.17. The van der Waals surface area contributed by atoms with Crippen LogP contribution >= 0.6 is 0 Å². The second-order valence-electron chi connectivity index (χ2n) is 11.3. The van der Waals surface area contributed by atoms with Crippen LogP contribution in [0.3, 0.4) is 0 Å². The van der Waals surface area contributed by atoms with E-state index in [1.54, 1.807) is 0 Å². The fraction of sp³-hybridized carbons (Fsp3) is 0.765. The van der Waals surface area contributed by atoms with Gasteiger partial charge in [0.2, 0.25) is 5.91 Å². The Kier molecular flexibility index (Phi) is 23.5. The molecule has 6 heteroatoms. The van der Waals surface area contributed by atoms with E-state index in [1.165, 1.54) is 70.6 Å². The number of unbranched alkanes of at least 4 members (excludes halogenated alkanes) is 14. The Balaban J connectivity index is 2.31. The number of hydrogen-bond acceptors (Lipinski definition) is 5. The first-order chi connectivity index (χ1) is 19.5. The molecule has 2 atom stereocenters. The van der Waals surface area contributed by atoms with Gasteiger partial charge in [0, 0.05) is 6.42 Å². The summed E-state index contributed by atoms with van der Waals surface area (Å²) in [7, 11) is 0. The molecule has 0 bridgehead atoms. The quantitative estimate of drug-likeness (QED) is 0.0838. The molecule has 230 valence electrons. The third-order valence-electron chi connectivity index (χ3n) is 7.29. The standard InChI is InChI=1S/C34H59NO5/c1-3-5-7-9-10-11-12-13-14-16-21-25-33(37)35-31(28-39-27-30-22-18-17-19-23-30)29-40-34(38)26-32(36)24-20-15-8-6-4-2/h17-19,22-23,31-32,36H,3-16,20-21,24-29H2,1-2H3,(H,35,37). The van der Waals surface area contributed by atoms with Crippen LogP contribution < -0.4 is 5.32 Å². The minimum absolute atomic E-state index is 0.0158. The van der Waals surface area contributed by atoms with Crippen molar-refractivity contribution in [3.63, 3.8) is 0 Å². The van der Waals surface area contributed by atoms with E-state index >= 15 is 0 Å². The van der Waals surface area contributed by atoms with Crippen molar-refractivity contribution in [2.75, 3.05) is 13.2 Å². The largest absolute Gasteiger partial charge is 0.463 e. The highest BCUT2D eigenvalue weighted by atomic mass is 16.5. The van der Waals surface area contributed by atoms with Crippen molar-refractivity contribution >= 4 is 11.9 Å². The van der Waals surface area contributed by atoms with Crippen LogP contribution in [0.5, 0.6) is 0 Å². The van der Waals surface area contributed by atoms with Crippen molar-refractivity contribution in [1.82, 2.24) is 5.32 Å². The van der Waals surface area contributed by atoms with Crippen LogP contribution in [-0.2, 0) is 25.7 Å². The molecule has 1 aromatic rings. The second-order valence-corrected chi connectivity index (χ2v) is 11.3. The number of hydrogen-bond donors (Lipinski definition) is 2. The molecule has 2 N–H and O–H groups in total. The predicted octanol–water partition coefficient (Wildman–Crippen LogP) is 8.04. The molecule has 1 amide bonds. The van der Waals surface area contributed by atoms with Crippen LogP contribution in [0, 0.1) is 0 Å².